The molecule has 0 radical (unpaired) electrons. The highest BCUT2D eigenvalue weighted by molar-refractivity contribution is 9.10. The molecule has 0 heterocycles. The third-order valence-corrected chi connectivity index (χ3v) is 4.24. The van der Waals surface area contributed by atoms with Crippen molar-refractivity contribution >= 4 is 45.1 Å². The average molecular weight is 433 g/mol. The van der Waals surface area contributed by atoms with E-state index in [1.165, 1.54) is 0 Å². The lowest BCUT2D eigenvalue weighted by Crippen LogP contribution is -2.22. The summed E-state index contributed by atoms with van der Waals surface area (Å²) in [5.41, 5.74) is 3.27. The van der Waals surface area contributed by atoms with E-state index in [-0.39, 0.29) is 25.4 Å². The molecule has 142 valence electrons. The number of benzene rings is 2. The molecule has 27 heavy (non-hydrogen) atoms. The zero-order chi connectivity index (χ0) is 19.8. The molecule has 6 nitrogen and oxygen atoms in total. The van der Waals surface area contributed by atoms with Crippen LogP contribution in [0.1, 0.15) is 24.0 Å². The molecule has 0 aromatic heterocycles. The standard InChI is InChI=1S/C20H21BrN2O4/c1-13-3-4-14(2)17(11-13)23-19(25)12-27-20(26)10-9-18(24)22-16-7-5-15(21)6-8-16/h3-8,11H,9-10,12H2,1-2H3,(H,22,24)(H,23,25). The number of rotatable bonds is 7. The second-order valence-corrected chi connectivity index (χ2v) is 7.00. The van der Waals surface area contributed by atoms with Crippen LogP contribution in [0, 0.1) is 13.8 Å². The lowest BCUT2D eigenvalue weighted by atomic mass is 10.1. The molecular weight excluding hydrogens is 412 g/mol. The van der Waals surface area contributed by atoms with Gasteiger partial charge >= 0.3 is 5.97 Å². The molecule has 0 saturated carbocycles. The molecule has 0 aliphatic rings. The second kappa shape index (κ2) is 9.87. The SMILES string of the molecule is Cc1ccc(C)c(NC(=O)COC(=O)CCC(=O)Nc2ccc(Br)cc2)c1. The average Bonchev–Trinajstić information content (AvgIpc) is 2.63. The molecule has 0 spiro atoms. The summed E-state index contributed by atoms with van der Waals surface area (Å²) in [6.45, 7) is 3.42. The largest absolute Gasteiger partial charge is 0.456 e. The zero-order valence-electron chi connectivity index (χ0n) is 15.2. The normalized spacial score (nSPS) is 10.2. The first-order chi connectivity index (χ1) is 12.8. The van der Waals surface area contributed by atoms with Crippen molar-refractivity contribution < 1.29 is 19.1 Å². The number of hydrogen-bond donors (Lipinski definition) is 2. The van der Waals surface area contributed by atoms with Gasteiger partial charge in [0.15, 0.2) is 6.61 Å². The number of aryl methyl sites for hydroxylation is 2. The van der Waals surface area contributed by atoms with Gasteiger partial charge in [0.05, 0.1) is 6.42 Å². The number of carbonyl (C=O) groups excluding carboxylic acids is 3. The summed E-state index contributed by atoms with van der Waals surface area (Å²) in [5, 5.41) is 5.40. The van der Waals surface area contributed by atoms with Gasteiger partial charge in [0.2, 0.25) is 5.91 Å². The van der Waals surface area contributed by atoms with Crippen LogP contribution in [0.3, 0.4) is 0 Å². The molecule has 0 bridgehead atoms. The van der Waals surface area contributed by atoms with Crippen molar-refractivity contribution in [3.63, 3.8) is 0 Å². The van der Waals surface area contributed by atoms with Crippen LogP contribution in [-0.4, -0.2) is 24.4 Å². The van der Waals surface area contributed by atoms with Gasteiger partial charge in [-0.25, -0.2) is 0 Å². The van der Waals surface area contributed by atoms with E-state index in [1.807, 2.05) is 32.0 Å². The smallest absolute Gasteiger partial charge is 0.306 e. The van der Waals surface area contributed by atoms with E-state index >= 15 is 0 Å². The molecule has 2 aromatic carbocycles. The van der Waals surface area contributed by atoms with Gasteiger partial charge in [-0.3, -0.25) is 14.4 Å². The van der Waals surface area contributed by atoms with Crippen LogP contribution < -0.4 is 10.6 Å². The first-order valence-electron chi connectivity index (χ1n) is 8.41. The van der Waals surface area contributed by atoms with Gasteiger partial charge in [-0.15, -0.1) is 0 Å². The summed E-state index contributed by atoms with van der Waals surface area (Å²) < 4.78 is 5.83. The Balaban J connectivity index is 1.70. The lowest BCUT2D eigenvalue weighted by Gasteiger charge is -2.10. The van der Waals surface area contributed by atoms with E-state index in [0.717, 1.165) is 15.6 Å². The summed E-state index contributed by atoms with van der Waals surface area (Å²) in [5.74, 6) is -1.32. The number of amides is 2. The minimum atomic E-state index is -0.600. The second-order valence-electron chi connectivity index (χ2n) is 6.08. The number of ether oxygens (including phenoxy) is 1. The van der Waals surface area contributed by atoms with E-state index in [2.05, 4.69) is 26.6 Å². The van der Waals surface area contributed by atoms with E-state index in [0.29, 0.717) is 11.4 Å². The number of anilines is 2. The van der Waals surface area contributed by atoms with Crippen LogP contribution in [-0.2, 0) is 19.1 Å². The Labute approximate surface area is 166 Å². The van der Waals surface area contributed by atoms with Gasteiger partial charge in [-0.1, -0.05) is 28.1 Å². The lowest BCUT2D eigenvalue weighted by molar-refractivity contribution is -0.147. The number of nitrogens with one attached hydrogen (secondary N) is 2. The molecule has 2 N–H and O–H groups in total. The fourth-order valence-electron chi connectivity index (χ4n) is 2.25. The van der Waals surface area contributed by atoms with Gasteiger partial charge in [-0.2, -0.15) is 0 Å². The van der Waals surface area contributed by atoms with Crippen molar-refractivity contribution in [3.8, 4) is 0 Å². The van der Waals surface area contributed by atoms with Crippen LogP contribution in [0.4, 0.5) is 11.4 Å². The van der Waals surface area contributed by atoms with Crippen LogP contribution >= 0.6 is 15.9 Å². The molecule has 2 aromatic rings. The predicted molar refractivity (Wildman–Crippen MR) is 108 cm³/mol. The summed E-state index contributed by atoms with van der Waals surface area (Å²) in [4.78, 5) is 35.5. The summed E-state index contributed by atoms with van der Waals surface area (Å²) in [6.07, 6.45) is -0.118. The summed E-state index contributed by atoms with van der Waals surface area (Å²) in [7, 11) is 0. The molecule has 0 saturated heterocycles. The van der Waals surface area contributed by atoms with Crippen LogP contribution in [0.5, 0.6) is 0 Å². The maximum Gasteiger partial charge on any atom is 0.306 e. The Morgan fingerprint density at radius 3 is 2.33 bits per heavy atom. The van der Waals surface area contributed by atoms with Crippen molar-refractivity contribution in [2.75, 3.05) is 17.2 Å². The monoisotopic (exact) mass is 432 g/mol. The van der Waals surface area contributed by atoms with E-state index in [4.69, 9.17) is 4.74 Å². The van der Waals surface area contributed by atoms with Gasteiger partial charge in [0.1, 0.15) is 0 Å². The first kappa shape index (κ1) is 20.6. The van der Waals surface area contributed by atoms with Gasteiger partial charge in [-0.05, 0) is 55.3 Å². The highest BCUT2D eigenvalue weighted by Crippen LogP contribution is 2.16. The molecule has 7 heteroatoms. The molecule has 2 amide bonds. The van der Waals surface area contributed by atoms with Crippen molar-refractivity contribution in [1.29, 1.82) is 0 Å². The minimum absolute atomic E-state index is 0.0203. The van der Waals surface area contributed by atoms with Crippen molar-refractivity contribution in [2.45, 2.75) is 26.7 Å². The molecule has 0 fully saturated rings. The first-order valence-corrected chi connectivity index (χ1v) is 9.21. The number of hydrogen-bond acceptors (Lipinski definition) is 4. The Bertz CT molecular complexity index is 834. The van der Waals surface area contributed by atoms with Gasteiger partial charge < -0.3 is 15.4 Å². The van der Waals surface area contributed by atoms with Crippen LogP contribution in [0.25, 0.3) is 0 Å². The van der Waals surface area contributed by atoms with Gasteiger partial charge in [0.25, 0.3) is 5.91 Å². The van der Waals surface area contributed by atoms with Gasteiger partial charge in [0, 0.05) is 22.3 Å². The van der Waals surface area contributed by atoms with E-state index in [9.17, 15) is 14.4 Å². The quantitative estimate of drug-likeness (QED) is 0.648. The van der Waals surface area contributed by atoms with Crippen LogP contribution in [0.2, 0.25) is 0 Å². The highest BCUT2D eigenvalue weighted by atomic mass is 79.9. The third-order valence-electron chi connectivity index (χ3n) is 3.72. The molecule has 2 rings (SSSR count). The fraction of sp³-hybridized carbons (Fsp3) is 0.250. The maximum absolute atomic E-state index is 11.9. The molecule has 0 unspecified atom stereocenters. The Hall–Kier alpha value is -2.67. The molecule has 0 atom stereocenters. The van der Waals surface area contributed by atoms with E-state index in [1.54, 1.807) is 24.3 Å². The Kier molecular flexibility index (Phi) is 7.55. The topological polar surface area (TPSA) is 84.5 Å². The minimum Gasteiger partial charge on any atom is -0.456 e. The Morgan fingerprint density at radius 2 is 1.63 bits per heavy atom. The summed E-state index contributed by atoms with van der Waals surface area (Å²) >= 11 is 3.31. The highest BCUT2D eigenvalue weighted by Gasteiger charge is 2.11. The van der Waals surface area contributed by atoms with E-state index < -0.39 is 11.9 Å². The Morgan fingerprint density at radius 1 is 0.926 bits per heavy atom. The molecular formula is C20H21BrN2O4. The number of esters is 1. The zero-order valence-corrected chi connectivity index (χ0v) is 16.8. The van der Waals surface area contributed by atoms with Crippen LogP contribution in [0.15, 0.2) is 46.9 Å². The van der Waals surface area contributed by atoms with Crippen molar-refractivity contribution in [3.05, 3.63) is 58.1 Å². The summed E-state index contributed by atoms with van der Waals surface area (Å²) in [6, 6.07) is 12.8. The molecule has 0 aliphatic heterocycles. The van der Waals surface area contributed by atoms with Crippen molar-refractivity contribution in [1.82, 2.24) is 0 Å². The maximum atomic E-state index is 11.9. The number of carbonyl (C=O) groups is 3. The van der Waals surface area contributed by atoms with Crippen molar-refractivity contribution in [2.24, 2.45) is 0 Å². The third kappa shape index (κ3) is 7.22. The predicted octanol–water partition coefficient (Wildman–Crippen LogP) is 3.97. The number of halogens is 1. The molecule has 0 aliphatic carbocycles. The fourth-order valence-corrected chi connectivity index (χ4v) is 2.51.